The van der Waals surface area contributed by atoms with Gasteiger partial charge in [-0.25, -0.2) is 0 Å². The largest absolute Gasteiger partial charge is 0.354 e. The second kappa shape index (κ2) is 14.3. The number of hydrogen-bond acceptors (Lipinski definition) is 4. The Morgan fingerprint density at radius 2 is 1.46 bits per heavy atom. The number of rotatable bonds is 11. The third-order valence-corrected chi connectivity index (χ3v) is 7.22. The maximum absolute atomic E-state index is 13.5. The molecule has 7 heteroatoms. The molecular weight excluding hydrogens is 488 g/mol. The predicted molar refractivity (Wildman–Crippen MR) is 154 cm³/mol. The number of nitrogens with one attached hydrogen (secondary N) is 2. The van der Waals surface area contributed by atoms with Crippen molar-refractivity contribution in [2.45, 2.75) is 32.2 Å². The van der Waals surface area contributed by atoms with Crippen molar-refractivity contribution < 1.29 is 14.4 Å². The molecule has 1 heterocycles. The number of carbonyl (C=O) groups is 3. The highest BCUT2D eigenvalue weighted by Gasteiger charge is 2.24. The summed E-state index contributed by atoms with van der Waals surface area (Å²) in [6, 6.07) is 26.7. The molecule has 4 rings (SSSR count). The van der Waals surface area contributed by atoms with Crippen molar-refractivity contribution in [3.05, 3.63) is 96.1 Å². The maximum Gasteiger partial charge on any atom is 0.252 e. The average molecular weight is 527 g/mol. The summed E-state index contributed by atoms with van der Waals surface area (Å²) in [5, 5.41) is 6.06. The van der Waals surface area contributed by atoms with E-state index in [-0.39, 0.29) is 17.7 Å². The monoisotopic (exact) mass is 526 g/mol. The second-order valence-electron chi connectivity index (χ2n) is 9.95. The molecule has 7 nitrogen and oxygen atoms in total. The minimum Gasteiger partial charge on any atom is -0.354 e. The van der Waals surface area contributed by atoms with Gasteiger partial charge in [0.1, 0.15) is 6.04 Å². The van der Waals surface area contributed by atoms with E-state index < -0.39 is 6.04 Å². The van der Waals surface area contributed by atoms with Crippen LogP contribution in [0, 0.1) is 0 Å². The van der Waals surface area contributed by atoms with E-state index in [2.05, 4.69) is 15.5 Å². The number of benzene rings is 3. The lowest BCUT2D eigenvalue weighted by atomic mass is 9.98. The van der Waals surface area contributed by atoms with Gasteiger partial charge in [-0.2, -0.15) is 0 Å². The van der Waals surface area contributed by atoms with Gasteiger partial charge >= 0.3 is 0 Å². The summed E-state index contributed by atoms with van der Waals surface area (Å²) in [7, 11) is 0. The highest BCUT2D eigenvalue weighted by molar-refractivity contribution is 6.02. The van der Waals surface area contributed by atoms with Gasteiger partial charge in [-0.15, -0.1) is 0 Å². The third-order valence-electron chi connectivity index (χ3n) is 7.22. The first-order valence-electron chi connectivity index (χ1n) is 13.8. The summed E-state index contributed by atoms with van der Waals surface area (Å²) < 4.78 is 0. The molecule has 1 saturated heterocycles. The molecule has 1 aliphatic rings. The van der Waals surface area contributed by atoms with Crippen molar-refractivity contribution in [3.8, 4) is 11.1 Å². The van der Waals surface area contributed by atoms with Gasteiger partial charge in [-0.1, -0.05) is 78.9 Å². The molecule has 1 fully saturated rings. The Morgan fingerprint density at radius 1 is 0.821 bits per heavy atom. The van der Waals surface area contributed by atoms with E-state index in [9.17, 15) is 14.4 Å². The molecule has 2 N–H and O–H groups in total. The molecule has 0 bridgehead atoms. The van der Waals surface area contributed by atoms with Gasteiger partial charge in [0.25, 0.3) is 5.91 Å². The van der Waals surface area contributed by atoms with Crippen LogP contribution in [0.2, 0.25) is 0 Å². The Hall–Kier alpha value is -3.97. The number of piperazine rings is 1. The minimum atomic E-state index is -0.643. The van der Waals surface area contributed by atoms with Crippen LogP contribution in [0.4, 0.5) is 0 Å². The van der Waals surface area contributed by atoms with Crippen molar-refractivity contribution in [3.63, 3.8) is 0 Å². The van der Waals surface area contributed by atoms with Gasteiger partial charge in [-0.3, -0.25) is 19.3 Å². The molecule has 0 aromatic heterocycles. The molecule has 3 amide bonds. The Balaban J connectivity index is 1.39. The molecular formula is C32H38N4O3. The number of amides is 3. The normalized spacial score (nSPS) is 14.4. The fourth-order valence-corrected chi connectivity index (χ4v) is 4.96. The Labute approximate surface area is 231 Å². The molecule has 0 radical (unpaired) electrons. The SMILES string of the molecule is CC(=O)N1CCN(CCC[C@H](NC(=O)c2ccccc2-c2ccccc2)C(=O)NCCc2ccccc2)CC1. The van der Waals surface area contributed by atoms with Gasteiger partial charge in [0.15, 0.2) is 0 Å². The molecule has 39 heavy (non-hydrogen) atoms. The van der Waals surface area contributed by atoms with Crippen molar-refractivity contribution in [2.24, 2.45) is 0 Å². The summed E-state index contributed by atoms with van der Waals surface area (Å²) >= 11 is 0. The zero-order valence-corrected chi connectivity index (χ0v) is 22.6. The Kier molecular flexibility index (Phi) is 10.3. The van der Waals surface area contributed by atoms with Gasteiger partial charge in [0, 0.05) is 45.2 Å². The van der Waals surface area contributed by atoms with Crippen LogP contribution < -0.4 is 10.6 Å². The van der Waals surface area contributed by atoms with Crippen LogP contribution in [-0.2, 0) is 16.0 Å². The van der Waals surface area contributed by atoms with E-state index in [1.54, 1.807) is 13.0 Å². The lowest BCUT2D eigenvalue weighted by molar-refractivity contribution is -0.130. The second-order valence-corrected chi connectivity index (χ2v) is 9.95. The van der Waals surface area contributed by atoms with E-state index in [4.69, 9.17) is 0 Å². The first-order valence-corrected chi connectivity index (χ1v) is 13.8. The Bertz CT molecular complexity index is 1220. The van der Waals surface area contributed by atoms with E-state index >= 15 is 0 Å². The van der Waals surface area contributed by atoms with Crippen molar-refractivity contribution in [1.82, 2.24) is 20.4 Å². The quantitative estimate of drug-likeness (QED) is 0.399. The predicted octanol–water partition coefficient (Wildman–Crippen LogP) is 3.76. The Morgan fingerprint density at radius 3 is 2.15 bits per heavy atom. The van der Waals surface area contributed by atoms with Crippen molar-refractivity contribution in [2.75, 3.05) is 39.3 Å². The maximum atomic E-state index is 13.5. The van der Waals surface area contributed by atoms with Crippen LogP contribution in [0.3, 0.4) is 0 Å². The number of hydrogen-bond donors (Lipinski definition) is 2. The first-order chi connectivity index (χ1) is 19.0. The molecule has 3 aromatic carbocycles. The van der Waals surface area contributed by atoms with Crippen molar-refractivity contribution in [1.29, 1.82) is 0 Å². The van der Waals surface area contributed by atoms with E-state index in [0.717, 1.165) is 62.3 Å². The van der Waals surface area contributed by atoms with E-state index in [1.165, 1.54) is 0 Å². The van der Waals surface area contributed by atoms with Crippen LogP contribution >= 0.6 is 0 Å². The van der Waals surface area contributed by atoms with Crippen molar-refractivity contribution >= 4 is 17.7 Å². The van der Waals surface area contributed by atoms with Gasteiger partial charge < -0.3 is 15.5 Å². The summed E-state index contributed by atoms with van der Waals surface area (Å²) in [5.41, 5.74) is 3.49. The van der Waals surface area contributed by atoms with Crippen LogP contribution in [0.25, 0.3) is 11.1 Å². The topological polar surface area (TPSA) is 81.8 Å². The molecule has 0 spiro atoms. The van der Waals surface area contributed by atoms with Crippen LogP contribution in [0.15, 0.2) is 84.9 Å². The lowest BCUT2D eigenvalue weighted by Gasteiger charge is -2.34. The first kappa shape index (κ1) is 28.0. The third kappa shape index (κ3) is 8.26. The lowest BCUT2D eigenvalue weighted by Crippen LogP contribution is -2.49. The molecule has 0 aliphatic carbocycles. The fraction of sp³-hybridized carbons (Fsp3) is 0.344. The molecule has 0 unspecified atom stereocenters. The summed E-state index contributed by atoms with van der Waals surface area (Å²) in [6.45, 7) is 6.03. The molecule has 1 aliphatic heterocycles. The van der Waals surface area contributed by atoms with E-state index in [0.29, 0.717) is 18.5 Å². The van der Waals surface area contributed by atoms with Gasteiger partial charge in [-0.05, 0) is 48.6 Å². The molecule has 3 aromatic rings. The number of nitrogens with zero attached hydrogens (tertiary/aromatic N) is 2. The van der Waals surface area contributed by atoms with Gasteiger partial charge in [0.05, 0.1) is 0 Å². The highest BCUT2D eigenvalue weighted by atomic mass is 16.2. The standard InChI is InChI=1S/C32H38N4O3/c1-25(37)36-23-21-35(22-24-36)20-10-17-30(32(39)33-19-18-26-11-4-2-5-12-26)34-31(38)29-16-9-8-15-28(29)27-13-6-3-7-14-27/h2-9,11-16,30H,10,17-24H2,1H3,(H,33,39)(H,34,38)/t30-/m0/s1. The van der Waals surface area contributed by atoms with Crippen LogP contribution in [-0.4, -0.2) is 72.8 Å². The van der Waals surface area contributed by atoms with E-state index in [1.807, 2.05) is 83.8 Å². The molecule has 0 saturated carbocycles. The molecule has 204 valence electrons. The summed E-state index contributed by atoms with van der Waals surface area (Å²) in [5.74, 6) is -0.314. The smallest absolute Gasteiger partial charge is 0.252 e. The summed E-state index contributed by atoms with van der Waals surface area (Å²) in [6.07, 6.45) is 2.02. The highest BCUT2D eigenvalue weighted by Crippen LogP contribution is 2.23. The zero-order chi connectivity index (χ0) is 27.5. The fourth-order valence-electron chi connectivity index (χ4n) is 4.96. The zero-order valence-electron chi connectivity index (χ0n) is 22.6. The average Bonchev–Trinajstić information content (AvgIpc) is 2.97. The van der Waals surface area contributed by atoms with Gasteiger partial charge in [0.2, 0.25) is 11.8 Å². The van der Waals surface area contributed by atoms with Crippen LogP contribution in [0.1, 0.15) is 35.7 Å². The van der Waals surface area contributed by atoms with Crippen LogP contribution in [0.5, 0.6) is 0 Å². The molecule has 1 atom stereocenters. The minimum absolute atomic E-state index is 0.111. The summed E-state index contributed by atoms with van der Waals surface area (Å²) in [4.78, 5) is 42.5. The number of carbonyl (C=O) groups excluding carboxylic acids is 3.